The number of ether oxygens (including phenoxy) is 1. The zero-order valence-corrected chi connectivity index (χ0v) is 21.9. The summed E-state index contributed by atoms with van der Waals surface area (Å²) in [5.41, 5.74) is 2.09. The molecule has 1 aliphatic heterocycles. The molecule has 2 amide bonds. The van der Waals surface area contributed by atoms with Gasteiger partial charge in [0.25, 0.3) is 5.91 Å². The standard InChI is InChI=1S/C30H33N3O6/c1-39-28-12-6-10-22-21(28)15-24(31-22)30(38)33-16-20(18-7-3-2-4-8-18)14-25(33)29(37)32-23(27(36)17-34)13-19-9-5-11-26(19)35/h2-4,6-8,10,12,15,19-20,23,25,31,34H,5,9,11,13-14,16-17H2,1H3,(H,32,37)/t19-,20+,23-,25-/m0/s1. The summed E-state index contributed by atoms with van der Waals surface area (Å²) < 4.78 is 5.43. The third kappa shape index (κ3) is 5.45. The molecular formula is C30H33N3O6. The second-order valence-electron chi connectivity index (χ2n) is 10.4. The van der Waals surface area contributed by atoms with Crippen LogP contribution < -0.4 is 10.1 Å². The van der Waals surface area contributed by atoms with Crippen LogP contribution >= 0.6 is 0 Å². The van der Waals surface area contributed by atoms with Crippen LogP contribution in [0.4, 0.5) is 0 Å². The van der Waals surface area contributed by atoms with Gasteiger partial charge >= 0.3 is 0 Å². The molecule has 5 rings (SSSR count). The van der Waals surface area contributed by atoms with E-state index in [0.29, 0.717) is 37.3 Å². The molecule has 3 aromatic rings. The second kappa shape index (κ2) is 11.4. The molecule has 2 aliphatic rings. The second-order valence-corrected chi connectivity index (χ2v) is 10.4. The zero-order chi connectivity index (χ0) is 27.5. The summed E-state index contributed by atoms with van der Waals surface area (Å²) in [5.74, 6) is -1.01. The average molecular weight is 532 g/mol. The van der Waals surface area contributed by atoms with E-state index in [1.807, 2.05) is 48.5 Å². The number of aromatic amines is 1. The minimum absolute atomic E-state index is 0.0757. The van der Waals surface area contributed by atoms with Crippen LogP contribution in [0, 0.1) is 5.92 Å². The predicted octanol–water partition coefficient (Wildman–Crippen LogP) is 2.98. The SMILES string of the molecule is COc1cccc2[nH]c(C(=O)N3C[C@H](c4ccccc4)C[C@H]3C(=O)N[C@@H](C[C@@H]3CCCC3=O)C(=O)CO)cc12. The first-order valence-electron chi connectivity index (χ1n) is 13.4. The lowest BCUT2D eigenvalue weighted by atomic mass is 9.94. The number of aliphatic hydroxyl groups excluding tert-OH is 1. The van der Waals surface area contributed by atoms with Crippen LogP contribution in [-0.2, 0) is 14.4 Å². The molecule has 0 unspecified atom stereocenters. The van der Waals surface area contributed by atoms with Crippen LogP contribution in [0.2, 0.25) is 0 Å². The molecule has 3 N–H and O–H groups in total. The van der Waals surface area contributed by atoms with E-state index in [4.69, 9.17) is 4.74 Å². The van der Waals surface area contributed by atoms with E-state index >= 15 is 0 Å². The lowest BCUT2D eigenvalue weighted by Crippen LogP contribution is -2.52. The molecule has 2 heterocycles. The lowest BCUT2D eigenvalue weighted by molar-refractivity contribution is -0.132. The van der Waals surface area contributed by atoms with Crippen LogP contribution in [0.1, 0.15) is 54.1 Å². The molecule has 2 fully saturated rings. The van der Waals surface area contributed by atoms with Crippen LogP contribution in [0.15, 0.2) is 54.6 Å². The number of amides is 2. The van der Waals surface area contributed by atoms with Gasteiger partial charge in [-0.15, -0.1) is 0 Å². The van der Waals surface area contributed by atoms with Crippen molar-refractivity contribution in [1.82, 2.24) is 15.2 Å². The summed E-state index contributed by atoms with van der Waals surface area (Å²) in [5, 5.41) is 13.1. The zero-order valence-electron chi connectivity index (χ0n) is 21.9. The Morgan fingerprint density at radius 1 is 1.15 bits per heavy atom. The maximum absolute atomic E-state index is 13.8. The predicted molar refractivity (Wildman–Crippen MR) is 144 cm³/mol. The number of benzene rings is 2. The van der Waals surface area contributed by atoms with Crippen molar-refractivity contribution in [1.29, 1.82) is 0 Å². The van der Waals surface area contributed by atoms with E-state index in [1.165, 1.54) is 0 Å². The summed E-state index contributed by atoms with van der Waals surface area (Å²) >= 11 is 0. The van der Waals surface area contributed by atoms with Gasteiger partial charge in [0.2, 0.25) is 5.91 Å². The third-order valence-electron chi connectivity index (χ3n) is 8.02. The molecule has 39 heavy (non-hydrogen) atoms. The summed E-state index contributed by atoms with van der Waals surface area (Å²) in [7, 11) is 1.57. The molecule has 0 spiro atoms. The number of rotatable bonds is 9. The van der Waals surface area contributed by atoms with Crippen molar-refractivity contribution in [2.45, 2.75) is 50.1 Å². The highest BCUT2D eigenvalue weighted by atomic mass is 16.5. The van der Waals surface area contributed by atoms with Crippen LogP contribution in [0.3, 0.4) is 0 Å². The Hall–Kier alpha value is -3.98. The number of hydrogen-bond donors (Lipinski definition) is 3. The highest BCUT2D eigenvalue weighted by molar-refractivity contribution is 6.02. The fourth-order valence-corrected chi connectivity index (χ4v) is 5.92. The Morgan fingerprint density at radius 3 is 2.64 bits per heavy atom. The molecule has 2 aromatic carbocycles. The molecule has 1 aromatic heterocycles. The monoisotopic (exact) mass is 531 g/mol. The van der Waals surface area contributed by atoms with Crippen LogP contribution in [-0.4, -0.2) is 70.7 Å². The first-order chi connectivity index (χ1) is 18.9. The van der Waals surface area contributed by atoms with Crippen molar-refractivity contribution >= 4 is 34.3 Å². The molecule has 9 nitrogen and oxygen atoms in total. The Morgan fingerprint density at radius 2 is 1.95 bits per heavy atom. The van der Waals surface area contributed by atoms with Gasteiger partial charge in [-0.3, -0.25) is 19.2 Å². The number of nitrogens with zero attached hydrogens (tertiary/aromatic N) is 1. The minimum atomic E-state index is -0.986. The number of carbonyl (C=O) groups is 4. The Kier molecular flexibility index (Phi) is 7.79. The summed E-state index contributed by atoms with van der Waals surface area (Å²) in [4.78, 5) is 57.0. The van der Waals surface area contributed by atoms with E-state index in [9.17, 15) is 24.3 Å². The highest BCUT2D eigenvalue weighted by Crippen LogP contribution is 2.34. The minimum Gasteiger partial charge on any atom is -0.496 e. The number of aliphatic hydroxyl groups is 1. The number of H-pyrrole nitrogens is 1. The molecule has 4 atom stereocenters. The number of methoxy groups -OCH3 is 1. The van der Waals surface area contributed by atoms with Crippen LogP contribution in [0.5, 0.6) is 5.75 Å². The first-order valence-corrected chi connectivity index (χ1v) is 13.4. The topological polar surface area (TPSA) is 129 Å². The first kappa shape index (κ1) is 26.6. The number of nitrogens with one attached hydrogen (secondary N) is 2. The summed E-state index contributed by atoms with van der Waals surface area (Å²) in [6, 6.07) is 15.1. The summed E-state index contributed by atoms with van der Waals surface area (Å²) in [6.07, 6.45) is 2.44. The largest absolute Gasteiger partial charge is 0.496 e. The van der Waals surface area contributed by atoms with Crippen LogP contribution in [0.25, 0.3) is 10.9 Å². The van der Waals surface area contributed by atoms with E-state index in [2.05, 4.69) is 10.3 Å². The van der Waals surface area contributed by atoms with Gasteiger partial charge < -0.3 is 25.0 Å². The normalized spacial score (nSPS) is 21.7. The van der Waals surface area contributed by atoms with E-state index in [-0.39, 0.29) is 29.9 Å². The Balaban J connectivity index is 1.42. The number of likely N-dealkylation sites (tertiary alicyclic amines) is 1. The molecule has 204 valence electrons. The van der Waals surface area contributed by atoms with E-state index in [1.54, 1.807) is 18.1 Å². The van der Waals surface area contributed by atoms with Gasteiger partial charge in [-0.25, -0.2) is 0 Å². The summed E-state index contributed by atoms with van der Waals surface area (Å²) in [6.45, 7) is -0.407. The molecule has 1 aliphatic carbocycles. The number of aromatic nitrogens is 1. The Bertz CT molecular complexity index is 1380. The van der Waals surface area contributed by atoms with Crippen molar-refractivity contribution in [2.75, 3.05) is 20.3 Å². The van der Waals surface area contributed by atoms with Crippen molar-refractivity contribution in [3.05, 3.63) is 65.9 Å². The van der Waals surface area contributed by atoms with Gasteiger partial charge in [-0.1, -0.05) is 36.4 Å². The third-order valence-corrected chi connectivity index (χ3v) is 8.02. The lowest BCUT2D eigenvalue weighted by Gasteiger charge is -2.26. The molecule has 1 saturated heterocycles. The number of hydrogen-bond acceptors (Lipinski definition) is 6. The maximum Gasteiger partial charge on any atom is 0.271 e. The van der Waals surface area contributed by atoms with Gasteiger partial charge in [0.15, 0.2) is 5.78 Å². The van der Waals surface area contributed by atoms with Crippen molar-refractivity contribution in [2.24, 2.45) is 5.92 Å². The van der Waals surface area contributed by atoms with Gasteiger partial charge in [-0.2, -0.15) is 0 Å². The van der Waals surface area contributed by atoms with Crippen molar-refractivity contribution < 1.29 is 29.0 Å². The quantitative estimate of drug-likeness (QED) is 0.389. The van der Waals surface area contributed by atoms with E-state index < -0.39 is 30.4 Å². The molecule has 9 heteroatoms. The number of fused-ring (bicyclic) bond motifs is 1. The van der Waals surface area contributed by atoms with Crippen molar-refractivity contribution in [3.8, 4) is 5.75 Å². The molecular weight excluding hydrogens is 498 g/mol. The van der Waals surface area contributed by atoms with Gasteiger partial charge in [0.1, 0.15) is 29.9 Å². The average Bonchev–Trinajstić information content (AvgIpc) is 3.70. The van der Waals surface area contributed by atoms with Gasteiger partial charge in [-0.05, 0) is 49.4 Å². The molecule has 0 bridgehead atoms. The maximum atomic E-state index is 13.8. The number of Topliss-reactive ketones (excluding diaryl/α,β-unsaturated/α-hetero) is 2. The fraction of sp³-hybridized carbons (Fsp3) is 0.400. The number of carbonyl (C=O) groups excluding carboxylic acids is 4. The number of ketones is 2. The smallest absolute Gasteiger partial charge is 0.271 e. The van der Waals surface area contributed by atoms with Gasteiger partial charge in [0, 0.05) is 35.7 Å². The highest BCUT2D eigenvalue weighted by Gasteiger charge is 2.42. The fourth-order valence-electron chi connectivity index (χ4n) is 5.92. The molecule has 0 radical (unpaired) electrons. The Labute approximate surface area is 226 Å². The molecule has 1 saturated carbocycles. The van der Waals surface area contributed by atoms with Crippen molar-refractivity contribution in [3.63, 3.8) is 0 Å². The van der Waals surface area contributed by atoms with Gasteiger partial charge in [0.05, 0.1) is 13.2 Å². The van der Waals surface area contributed by atoms with E-state index in [0.717, 1.165) is 22.9 Å².